The molecular weight excluding hydrogens is 456 g/mol. The zero-order valence-corrected chi connectivity index (χ0v) is 20.8. The van der Waals surface area contributed by atoms with Crippen molar-refractivity contribution in [3.8, 4) is 0 Å². The highest BCUT2D eigenvalue weighted by atomic mass is 16.5. The van der Waals surface area contributed by atoms with Crippen LogP contribution in [-0.4, -0.2) is 70.8 Å². The number of rotatable bonds is 7. The summed E-state index contributed by atoms with van der Waals surface area (Å²) in [6.07, 6.45) is 1.76. The molecule has 2 aliphatic rings. The number of hydrogen-bond donors (Lipinski definition) is 1. The van der Waals surface area contributed by atoms with Gasteiger partial charge in [0, 0.05) is 39.0 Å². The van der Waals surface area contributed by atoms with Gasteiger partial charge >= 0.3 is 0 Å². The normalized spacial score (nSPS) is 22.6. The van der Waals surface area contributed by atoms with Crippen LogP contribution in [0.2, 0.25) is 0 Å². The number of para-hydroxylation sites is 2. The van der Waals surface area contributed by atoms with Gasteiger partial charge in [-0.2, -0.15) is 0 Å². The minimum Gasteiger partial charge on any atom is -0.383 e. The Labute approximate surface area is 210 Å². The molecule has 0 radical (unpaired) electrons. The van der Waals surface area contributed by atoms with E-state index in [2.05, 4.69) is 4.98 Å². The number of piperidine rings is 1. The number of ether oxygens (including phenoxy) is 1. The van der Waals surface area contributed by atoms with Gasteiger partial charge in [-0.15, -0.1) is 0 Å². The van der Waals surface area contributed by atoms with Crippen LogP contribution in [0.3, 0.4) is 0 Å². The molecule has 0 aliphatic carbocycles. The number of likely N-dealkylation sites (tertiary alicyclic amines) is 2. The molecule has 0 unspecified atom stereocenters. The maximum atomic E-state index is 13.8. The van der Waals surface area contributed by atoms with E-state index in [1.165, 1.54) is 12.0 Å². The van der Waals surface area contributed by atoms with Crippen LogP contribution in [0.4, 0.5) is 0 Å². The fourth-order valence-corrected chi connectivity index (χ4v) is 5.73. The standard InChI is InChI=1S/C28H32N4O4/c1-19-8-3-4-10-21(19)28(17-25(34)32(27(28)35)14-15-36-2)16-24(33)31-13-7-9-20(18-31)26-29-22-11-5-6-12-23(22)30-26/h3-6,8,10-12,20H,7,9,13-18H2,1-2H3,(H,29,30)/t20-,28-/m0/s1. The van der Waals surface area contributed by atoms with Gasteiger partial charge in [-0.25, -0.2) is 4.98 Å². The fourth-order valence-electron chi connectivity index (χ4n) is 5.73. The van der Waals surface area contributed by atoms with E-state index in [-0.39, 0.29) is 49.6 Å². The lowest BCUT2D eigenvalue weighted by Gasteiger charge is -2.35. The predicted molar refractivity (Wildman–Crippen MR) is 135 cm³/mol. The smallest absolute Gasteiger partial charge is 0.240 e. The number of aryl methyl sites for hydroxylation is 1. The number of aromatic amines is 1. The van der Waals surface area contributed by atoms with Crippen molar-refractivity contribution in [3.63, 3.8) is 0 Å². The minimum absolute atomic E-state index is 0.00696. The zero-order chi connectivity index (χ0) is 25.3. The van der Waals surface area contributed by atoms with Crippen LogP contribution < -0.4 is 0 Å². The van der Waals surface area contributed by atoms with E-state index in [9.17, 15) is 14.4 Å². The highest BCUT2D eigenvalue weighted by molar-refractivity contribution is 6.11. The van der Waals surface area contributed by atoms with Gasteiger partial charge in [0.05, 0.1) is 29.6 Å². The predicted octanol–water partition coefficient (Wildman–Crippen LogP) is 3.31. The van der Waals surface area contributed by atoms with Gasteiger partial charge in [-0.3, -0.25) is 19.3 Å². The van der Waals surface area contributed by atoms with E-state index in [0.29, 0.717) is 13.1 Å². The number of aromatic nitrogens is 2. The van der Waals surface area contributed by atoms with Crippen LogP contribution >= 0.6 is 0 Å². The number of imide groups is 1. The Kier molecular flexibility index (Phi) is 6.62. The maximum absolute atomic E-state index is 13.8. The number of nitrogens with one attached hydrogen (secondary N) is 1. The molecule has 0 bridgehead atoms. The summed E-state index contributed by atoms with van der Waals surface area (Å²) in [4.78, 5) is 51.8. The summed E-state index contributed by atoms with van der Waals surface area (Å²) in [5.41, 5.74) is 2.36. The van der Waals surface area contributed by atoms with Crippen LogP contribution in [0.25, 0.3) is 11.0 Å². The van der Waals surface area contributed by atoms with E-state index < -0.39 is 5.41 Å². The number of imidazole rings is 1. The minimum atomic E-state index is -1.19. The van der Waals surface area contributed by atoms with E-state index >= 15 is 0 Å². The number of nitrogens with zero attached hydrogens (tertiary/aromatic N) is 3. The second-order valence-corrected chi connectivity index (χ2v) is 9.91. The van der Waals surface area contributed by atoms with Crippen molar-refractivity contribution in [2.75, 3.05) is 33.4 Å². The van der Waals surface area contributed by atoms with Crippen molar-refractivity contribution in [2.24, 2.45) is 0 Å². The molecular formula is C28H32N4O4. The molecule has 3 heterocycles. The number of carbonyl (C=O) groups is 3. The number of fused-ring (bicyclic) bond motifs is 1. The number of benzene rings is 2. The molecule has 2 fully saturated rings. The number of H-pyrrole nitrogens is 1. The van der Waals surface area contributed by atoms with Gasteiger partial charge in [-0.1, -0.05) is 36.4 Å². The summed E-state index contributed by atoms with van der Waals surface area (Å²) in [6.45, 7) is 3.55. The Morgan fingerprint density at radius 1 is 1.17 bits per heavy atom. The first kappa shape index (κ1) is 24.2. The topological polar surface area (TPSA) is 95.6 Å². The van der Waals surface area contributed by atoms with Crippen molar-refractivity contribution in [2.45, 2.75) is 43.9 Å². The number of methoxy groups -OCH3 is 1. The van der Waals surface area contributed by atoms with Gasteiger partial charge in [0.25, 0.3) is 0 Å². The molecule has 0 spiro atoms. The van der Waals surface area contributed by atoms with Crippen molar-refractivity contribution >= 4 is 28.8 Å². The van der Waals surface area contributed by atoms with Gasteiger partial charge in [0.15, 0.2) is 0 Å². The van der Waals surface area contributed by atoms with E-state index in [4.69, 9.17) is 9.72 Å². The molecule has 2 aliphatic heterocycles. The second kappa shape index (κ2) is 9.85. The van der Waals surface area contributed by atoms with Gasteiger partial charge in [0.2, 0.25) is 17.7 Å². The summed E-state index contributed by atoms with van der Waals surface area (Å²) in [6, 6.07) is 15.5. The van der Waals surface area contributed by atoms with Crippen molar-refractivity contribution in [3.05, 3.63) is 65.5 Å². The molecule has 2 saturated heterocycles. The summed E-state index contributed by atoms with van der Waals surface area (Å²) < 4.78 is 5.12. The molecule has 3 aromatic rings. The quantitative estimate of drug-likeness (QED) is 0.515. The molecule has 188 valence electrons. The van der Waals surface area contributed by atoms with Crippen LogP contribution in [-0.2, 0) is 24.5 Å². The molecule has 36 heavy (non-hydrogen) atoms. The fraction of sp³-hybridized carbons (Fsp3) is 0.429. The molecule has 2 atom stereocenters. The molecule has 2 aromatic carbocycles. The maximum Gasteiger partial charge on any atom is 0.240 e. The van der Waals surface area contributed by atoms with E-state index in [1.54, 1.807) is 0 Å². The summed E-state index contributed by atoms with van der Waals surface area (Å²) in [5, 5.41) is 0. The van der Waals surface area contributed by atoms with Crippen LogP contribution in [0.1, 0.15) is 48.6 Å². The van der Waals surface area contributed by atoms with Crippen LogP contribution in [0, 0.1) is 6.92 Å². The van der Waals surface area contributed by atoms with E-state index in [1.807, 2.05) is 60.4 Å². The molecule has 0 saturated carbocycles. The lowest BCUT2D eigenvalue weighted by atomic mass is 9.73. The summed E-state index contributed by atoms with van der Waals surface area (Å²) in [7, 11) is 1.54. The molecule has 8 heteroatoms. The monoisotopic (exact) mass is 488 g/mol. The average molecular weight is 489 g/mol. The van der Waals surface area contributed by atoms with Crippen molar-refractivity contribution < 1.29 is 19.1 Å². The van der Waals surface area contributed by atoms with Gasteiger partial charge in [0.1, 0.15) is 5.82 Å². The van der Waals surface area contributed by atoms with Gasteiger partial charge < -0.3 is 14.6 Å². The Bertz CT molecular complexity index is 1270. The van der Waals surface area contributed by atoms with Crippen molar-refractivity contribution in [1.82, 2.24) is 19.8 Å². The van der Waals surface area contributed by atoms with Crippen LogP contribution in [0.5, 0.6) is 0 Å². The summed E-state index contributed by atoms with van der Waals surface area (Å²) >= 11 is 0. The van der Waals surface area contributed by atoms with Gasteiger partial charge in [-0.05, 0) is 43.0 Å². The Balaban J connectivity index is 1.41. The largest absolute Gasteiger partial charge is 0.383 e. The summed E-state index contributed by atoms with van der Waals surface area (Å²) in [5.74, 6) is 0.322. The molecule has 1 aromatic heterocycles. The van der Waals surface area contributed by atoms with Crippen LogP contribution in [0.15, 0.2) is 48.5 Å². The molecule has 3 amide bonds. The third-order valence-electron chi connectivity index (χ3n) is 7.61. The Morgan fingerprint density at radius 3 is 2.72 bits per heavy atom. The zero-order valence-electron chi connectivity index (χ0n) is 20.8. The van der Waals surface area contributed by atoms with E-state index in [0.717, 1.165) is 40.8 Å². The third-order valence-corrected chi connectivity index (χ3v) is 7.61. The number of carbonyl (C=O) groups excluding carboxylic acids is 3. The lowest BCUT2D eigenvalue weighted by molar-refractivity contribution is -0.143. The first-order valence-corrected chi connectivity index (χ1v) is 12.6. The SMILES string of the molecule is COCCN1C(=O)C[C@@](CC(=O)N2CCC[C@H](c3nc4ccccc4[nH]3)C2)(c2ccccc2C)C1=O. The Morgan fingerprint density at radius 2 is 1.94 bits per heavy atom. The first-order chi connectivity index (χ1) is 17.4. The Hall–Kier alpha value is -3.52. The first-order valence-electron chi connectivity index (χ1n) is 12.6. The average Bonchev–Trinajstić information content (AvgIpc) is 3.42. The molecule has 1 N–H and O–H groups in total. The lowest BCUT2D eigenvalue weighted by Crippen LogP contribution is -2.46. The third kappa shape index (κ3) is 4.30. The second-order valence-electron chi connectivity index (χ2n) is 9.91. The number of amides is 3. The highest BCUT2D eigenvalue weighted by Crippen LogP contribution is 2.42. The molecule has 5 rings (SSSR count). The molecule has 8 nitrogen and oxygen atoms in total. The van der Waals surface area contributed by atoms with Crippen molar-refractivity contribution in [1.29, 1.82) is 0 Å². The number of hydrogen-bond acceptors (Lipinski definition) is 5. The highest BCUT2D eigenvalue weighted by Gasteiger charge is 2.54.